The Labute approximate surface area is 146 Å². The van der Waals surface area contributed by atoms with Gasteiger partial charge in [-0.15, -0.1) is 0 Å². The summed E-state index contributed by atoms with van der Waals surface area (Å²) in [7, 11) is 0. The van der Waals surface area contributed by atoms with Crippen LogP contribution in [0.15, 0.2) is 53.1 Å². The highest BCUT2D eigenvalue weighted by Crippen LogP contribution is 2.25. The van der Waals surface area contributed by atoms with Crippen LogP contribution < -0.4 is 0 Å². The Hall–Kier alpha value is -2.17. The van der Waals surface area contributed by atoms with Crippen molar-refractivity contribution in [2.45, 2.75) is 25.8 Å². The van der Waals surface area contributed by atoms with Crippen molar-refractivity contribution in [3.63, 3.8) is 0 Å². The smallest absolute Gasteiger partial charge is 0.258 e. The van der Waals surface area contributed by atoms with E-state index in [0.29, 0.717) is 23.2 Å². The van der Waals surface area contributed by atoms with E-state index in [9.17, 15) is 5.11 Å². The van der Waals surface area contributed by atoms with Crippen LogP contribution in [0.3, 0.4) is 0 Å². The number of benzene rings is 2. The molecule has 3 aromatic rings. The lowest BCUT2D eigenvalue weighted by Gasteiger charge is -2.04. The summed E-state index contributed by atoms with van der Waals surface area (Å²) < 4.78 is 5.37. The van der Waals surface area contributed by atoms with Gasteiger partial charge in [0.2, 0.25) is 5.82 Å². The Morgan fingerprint density at radius 3 is 2.21 bits per heavy atom. The van der Waals surface area contributed by atoms with E-state index in [1.165, 1.54) is 5.56 Å². The molecule has 1 heterocycles. The van der Waals surface area contributed by atoms with Gasteiger partial charge < -0.3 is 9.63 Å². The molecule has 5 heteroatoms. The lowest BCUT2D eigenvalue weighted by atomic mass is 10.0. The standard InChI is InChI=1S/C19H19ClN2O2/c1-12(2)11-13-3-5-16(6-4-13)19-21-18(22-24-19)15-9-7-14(8-10-15)17(20)23/h3-10,12,17,23H,11H2,1-2H3. The summed E-state index contributed by atoms with van der Waals surface area (Å²) >= 11 is 5.64. The lowest BCUT2D eigenvalue weighted by Crippen LogP contribution is -1.93. The van der Waals surface area contributed by atoms with Crippen molar-refractivity contribution in [1.29, 1.82) is 0 Å². The molecule has 0 aliphatic carbocycles. The summed E-state index contributed by atoms with van der Waals surface area (Å²) in [5.74, 6) is 1.62. The van der Waals surface area contributed by atoms with Gasteiger partial charge >= 0.3 is 0 Å². The molecule has 4 nitrogen and oxygen atoms in total. The Morgan fingerprint density at radius 2 is 1.62 bits per heavy atom. The number of aromatic nitrogens is 2. The first-order valence-corrected chi connectivity index (χ1v) is 8.32. The Balaban J connectivity index is 1.80. The van der Waals surface area contributed by atoms with Crippen LogP contribution in [0.4, 0.5) is 0 Å². The highest BCUT2D eigenvalue weighted by atomic mass is 35.5. The van der Waals surface area contributed by atoms with Gasteiger partial charge in [-0.2, -0.15) is 4.98 Å². The van der Waals surface area contributed by atoms with Gasteiger partial charge in [-0.25, -0.2) is 0 Å². The second-order valence-electron chi connectivity index (χ2n) is 6.18. The van der Waals surface area contributed by atoms with Gasteiger partial charge in [0.1, 0.15) is 0 Å². The van der Waals surface area contributed by atoms with E-state index in [1.54, 1.807) is 24.3 Å². The molecule has 0 aliphatic rings. The third-order valence-electron chi connectivity index (χ3n) is 3.71. The Morgan fingerprint density at radius 1 is 1.00 bits per heavy atom. The molecule has 0 saturated carbocycles. The quantitative estimate of drug-likeness (QED) is 0.674. The normalized spacial score (nSPS) is 12.5. The SMILES string of the molecule is CC(C)Cc1ccc(-c2nc(-c3ccc(C(O)Cl)cc3)no2)cc1. The molecule has 124 valence electrons. The molecule has 1 N–H and O–H groups in total. The number of nitrogens with zero attached hydrogens (tertiary/aromatic N) is 2. The molecule has 0 amide bonds. The van der Waals surface area contributed by atoms with E-state index < -0.39 is 5.56 Å². The highest BCUT2D eigenvalue weighted by Gasteiger charge is 2.11. The van der Waals surface area contributed by atoms with Gasteiger partial charge in [0.25, 0.3) is 5.89 Å². The van der Waals surface area contributed by atoms with E-state index >= 15 is 0 Å². The summed E-state index contributed by atoms with van der Waals surface area (Å²) in [4.78, 5) is 4.44. The molecule has 0 aliphatic heterocycles. The fourth-order valence-electron chi connectivity index (χ4n) is 2.50. The van der Waals surface area contributed by atoms with Gasteiger partial charge in [-0.1, -0.05) is 67.0 Å². The third-order valence-corrected chi connectivity index (χ3v) is 3.97. The van der Waals surface area contributed by atoms with Crippen LogP contribution in [0.2, 0.25) is 0 Å². The molecule has 0 radical (unpaired) electrons. The molecule has 0 spiro atoms. The molecule has 0 bridgehead atoms. The van der Waals surface area contributed by atoms with Gasteiger partial charge in [0.05, 0.1) is 0 Å². The molecule has 1 atom stereocenters. The maximum absolute atomic E-state index is 9.33. The minimum Gasteiger partial charge on any atom is -0.373 e. The zero-order chi connectivity index (χ0) is 17.1. The van der Waals surface area contributed by atoms with Crippen LogP contribution in [-0.2, 0) is 6.42 Å². The summed E-state index contributed by atoms with van der Waals surface area (Å²) in [6, 6.07) is 15.3. The topological polar surface area (TPSA) is 59.2 Å². The first-order valence-electron chi connectivity index (χ1n) is 7.88. The number of hydrogen-bond donors (Lipinski definition) is 1. The predicted molar refractivity (Wildman–Crippen MR) is 94.5 cm³/mol. The molecule has 0 saturated heterocycles. The summed E-state index contributed by atoms with van der Waals surface area (Å²) in [5.41, 5.74) is 2.62. The summed E-state index contributed by atoms with van der Waals surface area (Å²) in [5, 5.41) is 13.4. The average Bonchev–Trinajstić information content (AvgIpc) is 3.05. The fraction of sp³-hybridized carbons (Fsp3) is 0.263. The van der Waals surface area contributed by atoms with E-state index in [-0.39, 0.29) is 0 Å². The van der Waals surface area contributed by atoms with Gasteiger partial charge in [0, 0.05) is 11.1 Å². The Bertz CT molecular complexity index is 793. The van der Waals surface area contributed by atoms with E-state index in [2.05, 4.69) is 36.1 Å². The number of halogens is 1. The largest absolute Gasteiger partial charge is 0.373 e. The van der Waals surface area contributed by atoms with E-state index in [1.807, 2.05) is 12.1 Å². The minimum absolute atomic E-state index is 0.488. The molecular weight excluding hydrogens is 324 g/mol. The maximum Gasteiger partial charge on any atom is 0.258 e. The molecule has 2 aromatic carbocycles. The first kappa shape index (κ1) is 16.7. The third kappa shape index (κ3) is 3.83. The van der Waals surface area contributed by atoms with Crippen LogP contribution in [0.1, 0.15) is 30.5 Å². The Kier molecular flexibility index (Phi) is 4.97. The van der Waals surface area contributed by atoms with E-state index in [4.69, 9.17) is 16.1 Å². The second kappa shape index (κ2) is 7.16. The van der Waals surface area contributed by atoms with Crippen LogP contribution in [-0.4, -0.2) is 15.2 Å². The van der Waals surface area contributed by atoms with Gasteiger partial charge in [-0.3, -0.25) is 0 Å². The summed E-state index contributed by atoms with van der Waals surface area (Å²) in [6.07, 6.45) is 1.05. The molecule has 1 aromatic heterocycles. The van der Waals surface area contributed by atoms with Crippen LogP contribution in [0.5, 0.6) is 0 Å². The number of hydrogen-bond acceptors (Lipinski definition) is 4. The van der Waals surface area contributed by atoms with Crippen molar-refractivity contribution in [1.82, 2.24) is 10.1 Å². The second-order valence-corrected chi connectivity index (χ2v) is 6.59. The van der Waals surface area contributed by atoms with Gasteiger partial charge in [-0.05, 0) is 35.6 Å². The van der Waals surface area contributed by atoms with Crippen molar-refractivity contribution >= 4 is 11.6 Å². The average molecular weight is 343 g/mol. The zero-order valence-electron chi connectivity index (χ0n) is 13.6. The predicted octanol–water partition coefficient (Wildman–Crippen LogP) is 4.83. The van der Waals surface area contributed by atoms with E-state index in [0.717, 1.165) is 17.5 Å². The van der Waals surface area contributed by atoms with Crippen LogP contribution in [0, 0.1) is 5.92 Å². The lowest BCUT2D eigenvalue weighted by molar-refractivity contribution is 0.263. The fourth-order valence-corrected chi connectivity index (χ4v) is 2.65. The van der Waals surface area contributed by atoms with Crippen LogP contribution >= 0.6 is 11.6 Å². The molecule has 24 heavy (non-hydrogen) atoms. The monoisotopic (exact) mass is 342 g/mol. The highest BCUT2D eigenvalue weighted by molar-refractivity contribution is 6.19. The zero-order valence-corrected chi connectivity index (χ0v) is 14.4. The van der Waals surface area contributed by atoms with Gasteiger partial charge in [0.15, 0.2) is 5.56 Å². The molecular formula is C19H19ClN2O2. The molecule has 1 unspecified atom stereocenters. The number of rotatable bonds is 5. The van der Waals surface area contributed by atoms with Crippen molar-refractivity contribution in [2.24, 2.45) is 5.92 Å². The van der Waals surface area contributed by atoms with Crippen molar-refractivity contribution in [2.75, 3.05) is 0 Å². The molecule has 3 rings (SSSR count). The van der Waals surface area contributed by atoms with Crippen molar-refractivity contribution in [3.05, 3.63) is 59.7 Å². The maximum atomic E-state index is 9.33. The number of aliphatic hydroxyl groups excluding tert-OH is 1. The number of alkyl halides is 1. The number of aliphatic hydroxyl groups is 1. The molecule has 0 fully saturated rings. The van der Waals surface area contributed by atoms with Crippen LogP contribution in [0.25, 0.3) is 22.8 Å². The minimum atomic E-state index is -1.01. The van der Waals surface area contributed by atoms with Crippen molar-refractivity contribution in [3.8, 4) is 22.8 Å². The summed E-state index contributed by atoms with van der Waals surface area (Å²) in [6.45, 7) is 4.40. The first-order chi connectivity index (χ1) is 11.5. The van der Waals surface area contributed by atoms with Crippen molar-refractivity contribution < 1.29 is 9.63 Å².